The fourth-order valence-corrected chi connectivity index (χ4v) is 6.75. The van der Waals surface area contributed by atoms with Crippen LogP contribution in [-0.2, 0) is 14.6 Å². The Labute approximate surface area is 153 Å². The van der Waals surface area contributed by atoms with Gasteiger partial charge in [0.15, 0.2) is 9.84 Å². The van der Waals surface area contributed by atoms with Crippen molar-refractivity contribution in [1.82, 2.24) is 4.90 Å². The molecule has 2 aliphatic heterocycles. The Morgan fingerprint density at radius 3 is 2.28 bits per heavy atom. The molecule has 0 radical (unpaired) electrons. The fraction of sp³-hybridized carbons (Fsp3) is 0.611. The molecular formula is C18H23ClN2O3S. The number of sulfone groups is 1. The second-order valence-corrected chi connectivity index (χ2v) is 10.0. The van der Waals surface area contributed by atoms with Gasteiger partial charge >= 0.3 is 0 Å². The van der Waals surface area contributed by atoms with Gasteiger partial charge in [-0.3, -0.25) is 9.69 Å². The van der Waals surface area contributed by atoms with Crippen molar-refractivity contribution < 1.29 is 13.2 Å². The number of anilines is 1. The van der Waals surface area contributed by atoms with Crippen LogP contribution >= 0.6 is 11.6 Å². The summed E-state index contributed by atoms with van der Waals surface area (Å²) in [6, 6.07) is 7.05. The maximum absolute atomic E-state index is 12.9. The molecule has 136 valence electrons. The number of hydrogen-bond acceptors (Lipinski definition) is 4. The molecule has 1 aromatic carbocycles. The molecule has 0 spiro atoms. The van der Waals surface area contributed by atoms with Crippen molar-refractivity contribution in [3.05, 3.63) is 29.3 Å². The van der Waals surface area contributed by atoms with Gasteiger partial charge in [-0.05, 0) is 37.1 Å². The molecule has 25 heavy (non-hydrogen) atoms. The van der Waals surface area contributed by atoms with Gasteiger partial charge in [-0.15, -0.1) is 0 Å². The highest BCUT2D eigenvalue weighted by Gasteiger charge is 2.51. The standard InChI is InChI=1S/C18H23ClN2O3S/c19-13-6-8-15(9-7-13)21-17-12-25(23,24)11-16(17)20(10-18(21)22)14-4-2-1-3-5-14/h6-9,14,16-17H,1-5,10-12H2/t16-,17-/m1/s1. The van der Waals surface area contributed by atoms with E-state index in [1.54, 1.807) is 29.2 Å². The lowest BCUT2D eigenvalue weighted by Crippen LogP contribution is -2.64. The Hall–Kier alpha value is -1.11. The van der Waals surface area contributed by atoms with E-state index in [-0.39, 0.29) is 29.5 Å². The number of carbonyl (C=O) groups is 1. The summed E-state index contributed by atoms with van der Waals surface area (Å²) in [4.78, 5) is 16.8. The zero-order valence-electron chi connectivity index (χ0n) is 14.1. The quantitative estimate of drug-likeness (QED) is 0.788. The summed E-state index contributed by atoms with van der Waals surface area (Å²) in [5, 5.41) is 0.604. The van der Waals surface area contributed by atoms with Gasteiger partial charge in [-0.25, -0.2) is 8.42 Å². The molecule has 2 heterocycles. The molecule has 7 heteroatoms. The summed E-state index contributed by atoms with van der Waals surface area (Å²) in [5.41, 5.74) is 0.741. The first kappa shape index (κ1) is 17.3. The Morgan fingerprint density at radius 1 is 0.960 bits per heavy atom. The van der Waals surface area contributed by atoms with Crippen molar-refractivity contribution in [2.75, 3.05) is 23.0 Å². The van der Waals surface area contributed by atoms with Crippen molar-refractivity contribution in [3.63, 3.8) is 0 Å². The second kappa shape index (κ2) is 6.56. The Balaban J connectivity index is 1.67. The van der Waals surface area contributed by atoms with Gasteiger partial charge in [0.05, 0.1) is 24.1 Å². The molecule has 1 aromatic rings. The largest absolute Gasteiger partial charge is 0.306 e. The maximum Gasteiger partial charge on any atom is 0.241 e. The number of hydrogen-bond donors (Lipinski definition) is 0. The first-order chi connectivity index (χ1) is 11.9. The number of carbonyl (C=O) groups excluding carboxylic acids is 1. The van der Waals surface area contributed by atoms with E-state index in [9.17, 15) is 13.2 Å². The molecule has 5 nitrogen and oxygen atoms in total. The van der Waals surface area contributed by atoms with E-state index in [0.29, 0.717) is 17.6 Å². The number of benzene rings is 1. The predicted molar refractivity (Wildman–Crippen MR) is 98.7 cm³/mol. The third kappa shape index (κ3) is 3.32. The van der Waals surface area contributed by atoms with Crippen LogP contribution in [0.5, 0.6) is 0 Å². The molecule has 2 atom stereocenters. The molecule has 1 saturated carbocycles. The first-order valence-electron chi connectivity index (χ1n) is 8.98. The van der Waals surface area contributed by atoms with Crippen molar-refractivity contribution in [3.8, 4) is 0 Å². The van der Waals surface area contributed by atoms with Crippen LogP contribution < -0.4 is 4.90 Å². The second-order valence-electron chi connectivity index (χ2n) is 7.42. The summed E-state index contributed by atoms with van der Waals surface area (Å²) in [7, 11) is -3.13. The molecule has 0 bridgehead atoms. The summed E-state index contributed by atoms with van der Waals surface area (Å²) in [6.45, 7) is 0.310. The Morgan fingerprint density at radius 2 is 1.60 bits per heavy atom. The van der Waals surface area contributed by atoms with Crippen LogP contribution in [0.3, 0.4) is 0 Å². The molecular weight excluding hydrogens is 360 g/mol. The van der Waals surface area contributed by atoms with Gasteiger partial charge in [-0.1, -0.05) is 30.9 Å². The van der Waals surface area contributed by atoms with Crippen LogP contribution in [0.4, 0.5) is 5.69 Å². The smallest absolute Gasteiger partial charge is 0.241 e. The van der Waals surface area contributed by atoms with E-state index >= 15 is 0 Å². The normalized spacial score (nSPS) is 30.4. The minimum atomic E-state index is -3.13. The Bertz CT molecular complexity index is 759. The minimum absolute atomic E-state index is 0.00811. The highest BCUT2D eigenvalue weighted by molar-refractivity contribution is 7.91. The molecule has 4 rings (SSSR count). The van der Waals surface area contributed by atoms with Crippen molar-refractivity contribution in [1.29, 1.82) is 0 Å². The SMILES string of the molecule is O=C1CN(C2CCCCC2)[C@@H]2CS(=O)(=O)C[C@H]2N1c1ccc(Cl)cc1. The fourth-order valence-electron chi connectivity index (χ4n) is 4.66. The summed E-state index contributed by atoms with van der Waals surface area (Å²) in [5.74, 6) is 0.201. The van der Waals surface area contributed by atoms with E-state index in [1.165, 1.54) is 19.3 Å². The van der Waals surface area contributed by atoms with Gasteiger partial charge in [0.2, 0.25) is 5.91 Å². The van der Waals surface area contributed by atoms with Crippen molar-refractivity contribution in [2.24, 2.45) is 0 Å². The van der Waals surface area contributed by atoms with E-state index in [1.807, 2.05) is 0 Å². The van der Waals surface area contributed by atoms with Crippen molar-refractivity contribution in [2.45, 2.75) is 50.2 Å². The van der Waals surface area contributed by atoms with E-state index in [0.717, 1.165) is 18.5 Å². The van der Waals surface area contributed by atoms with Gasteiger partial charge in [0.1, 0.15) is 0 Å². The average Bonchev–Trinajstić information content (AvgIpc) is 2.91. The van der Waals surface area contributed by atoms with Crippen molar-refractivity contribution >= 4 is 33.0 Å². The zero-order valence-corrected chi connectivity index (χ0v) is 15.7. The summed E-state index contributed by atoms with van der Waals surface area (Å²) < 4.78 is 24.8. The zero-order chi connectivity index (χ0) is 17.6. The predicted octanol–water partition coefficient (Wildman–Crippen LogP) is 2.49. The molecule has 0 aromatic heterocycles. The van der Waals surface area contributed by atoms with Gasteiger partial charge in [0.25, 0.3) is 0 Å². The number of fused-ring (bicyclic) bond motifs is 1. The van der Waals surface area contributed by atoms with Crippen LogP contribution in [0.1, 0.15) is 32.1 Å². The molecule has 3 fully saturated rings. The lowest BCUT2D eigenvalue weighted by atomic mass is 9.91. The van der Waals surface area contributed by atoms with E-state index in [2.05, 4.69) is 4.90 Å². The van der Waals surface area contributed by atoms with E-state index < -0.39 is 9.84 Å². The Kier molecular flexibility index (Phi) is 4.54. The lowest BCUT2D eigenvalue weighted by Gasteiger charge is -2.47. The van der Waals surface area contributed by atoms with Crippen LogP contribution in [-0.4, -0.2) is 55.4 Å². The number of nitrogens with zero attached hydrogens (tertiary/aromatic N) is 2. The van der Waals surface area contributed by atoms with Crippen LogP contribution in [0.15, 0.2) is 24.3 Å². The number of halogens is 1. The average molecular weight is 383 g/mol. The monoisotopic (exact) mass is 382 g/mol. The molecule has 3 aliphatic rings. The molecule has 1 aliphatic carbocycles. The summed E-state index contributed by atoms with van der Waals surface area (Å²) >= 11 is 5.96. The number of piperazine rings is 1. The number of rotatable bonds is 2. The van der Waals surface area contributed by atoms with Crippen LogP contribution in [0.25, 0.3) is 0 Å². The molecule has 2 saturated heterocycles. The van der Waals surface area contributed by atoms with Gasteiger partial charge in [0, 0.05) is 22.8 Å². The molecule has 0 unspecified atom stereocenters. The topological polar surface area (TPSA) is 57.7 Å². The highest BCUT2D eigenvalue weighted by atomic mass is 35.5. The minimum Gasteiger partial charge on any atom is -0.306 e. The maximum atomic E-state index is 12.9. The third-order valence-corrected chi connectivity index (χ3v) is 7.74. The number of amides is 1. The molecule has 1 amide bonds. The van der Waals surface area contributed by atoms with Crippen LogP contribution in [0.2, 0.25) is 5.02 Å². The first-order valence-corrected chi connectivity index (χ1v) is 11.2. The molecule has 0 N–H and O–H groups in total. The third-order valence-electron chi connectivity index (χ3n) is 5.79. The van der Waals surface area contributed by atoms with Gasteiger partial charge < -0.3 is 4.90 Å². The van der Waals surface area contributed by atoms with Crippen LogP contribution in [0, 0.1) is 0 Å². The summed E-state index contributed by atoms with van der Waals surface area (Å²) in [6.07, 6.45) is 5.71. The highest BCUT2D eigenvalue weighted by Crippen LogP contribution is 2.35. The van der Waals surface area contributed by atoms with Gasteiger partial charge in [-0.2, -0.15) is 0 Å². The lowest BCUT2D eigenvalue weighted by molar-refractivity contribution is -0.124. The van der Waals surface area contributed by atoms with E-state index in [4.69, 9.17) is 11.6 Å².